The summed E-state index contributed by atoms with van der Waals surface area (Å²) < 4.78 is 0. The predicted octanol–water partition coefficient (Wildman–Crippen LogP) is 7.12. The lowest BCUT2D eigenvalue weighted by molar-refractivity contribution is 0.0445. The van der Waals surface area contributed by atoms with E-state index in [9.17, 15) is 5.26 Å². The van der Waals surface area contributed by atoms with Gasteiger partial charge in [0.05, 0.1) is 11.5 Å². The molecule has 132 valence electrons. The summed E-state index contributed by atoms with van der Waals surface area (Å²) in [5.41, 5.74) is -0.00642. The van der Waals surface area contributed by atoms with Crippen LogP contribution in [0.5, 0.6) is 0 Å². The molecule has 2 aliphatic rings. The van der Waals surface area contributed by atoms with Crippen LogP contribution in [0, 0.1) is 40.4 Å². The lowest BCUT2D eigenvalue weighted by atomic mass is 9.57. The van der Waals surface area contributed by atoms with Gasteiger partial charge in [-0.25, -0.2) is 0 Å². The Morgan fingerprint density at radius 1 is 0.870 bits per heavy atom. The van der Waals surface area contributed by atoms with E-state index in [-0.39, 0.29) is 5.41 Å². The first-order chi connectivity index (χ1) is 11.2. The lowest BCUT2D eigenvalue weighted by Crippen LogP contribution is -2.38. The lowest BCUT2D eigenvalue weighted by Gasteiger charge is -2.47. The fourth-order valence-corrected chi connectivity index (χ4v) is 5.87. The molecule has 2 fully saturated rings. The average Bonchev–Trinajstić information content (AvgIpc) is 2.59. The molecule has 2 rings (SSSR count). The van der Waals surface area contributed by atoms with Gasteiger partial charge in [-0.2, -0.15) is 5.26 Å². The van der Waals surface area contributed by atoms with E-state index in [0.29, 0.717) is 5.92 Å². The monoisotopic (exact) mass is 317 g/mol. The molecule has 0 aliphatic heterocycles. The van der Waals surface area contributed by atoms with Crippen LogP contribution in [-0.2, 0) is 0 Å². The SMILES string of the molecule is CCCC[C@H]1CC[C@H]2C[C@H](C(C#N)(CCC)CCC)CC[C@H]2C1. The van der Waals surface area contributed by atoms with E-state index in [0.717, 1.165) is 43.4 Å². The Balaban J connectivity index is 1.96. The molecule has 0 aromatic rings. The number of hydrogen-bond acceptors (Lipinski definition) is 1. The molecule has 0 amide bonds. The van der Waals surface area contributed by atoms with Gasteiger partial charge in [-0.15, -0.1) is 0 Å². The zero-order chi connectivity index (χ0) is 16.7. The summed E-state index contributed by atoms with van der Waals surface area (Å²) in [6.45, 7) is 6.83. The molecule has 0 radical (unpaired) electrons. The second-order valence-corrected chi connectivity index (χ2v) is 8.62. The molecule has 1 nitrogen and oxygen atoms in total. The third-order valence-electron chi connectivity index (χ3n) is 7.08. The minimum Gasteiger partial charge on any atom is -0.198 e. The number of fused-ring (bicyclic) bond motifs is 1. The zero-order valence-electron chi connectivity index (χ0n) is 15.9. The van der Waals surface area contributed by atoms with Gasteiger partial charge in [-0.3, -0.25) is 0 Å². The van der Waals surface area contributed by atoms with Gasteiger partial charge in [0.1, 0.15) is 0 Å². The van der Waals surface area contributed by atoms with E-state index in [2.05, 4.69) is 26.8 Å². The maximum Gasteiger partial charge on any atom is 0.0692 e. The van der Waals surface area contributed by atoms with Gasteiger partial charge < -0.3 is 0 Å². The number of unbranched alkanes of at least 4 members (excludes halogenated alkanes) is 1. The van der Waals surface area contributed by atoms with Crippen molar-refractivity contribution in [3.05, 3.63) is 0 Å². The smallest absolute Gasteiger partial charge is 0.0692 e. The quantitative estimate of drug-likeness (QED) is 0.467. The zero-order valence-corrected chi connectivity index (χ0v) is 15.9. The van der Waals surface area contributed by atoms with E-state index in [1.54, 1.807) is 0 Å². The molecule has 23 heavy (non-hydrogen) atoms. The first-order valence-corrected chi connectivity index (χ1v) is 10.6. The highest BCUT2D eigenvalue weighted by Crippen LogP contribution is 2.52. The summed E-state index contributed by atoms with van der Waals surface area (Å²) in [7, 11) is 0. The molecule has 0 aromatic heterocycles. The van der Waals surface area contributed by atoms with Crippen molar-refractivity contribution in [2.75, 3.05) is 0 Å². The van der Waals surface area contributed by atoms with E-state index in [1.165, 1.54) is 57.8 Å². The van der Waals surface area contributed by atoms with Crippen molar-refractivity contribution in [3.8, 4) is 6.07 Å². The highest BCUT2D eigenvalue weighted by atomic mass is 14.5. The summed E-state index contributed by atoms with van der Waals surface area (Å²) in [5, 5.41) is 9.98. The van der Waals surface area contributed by atoms with Crippen LogP contribution in [0.2, 0.25) is 0 Å². The minimum absolute atomic E-state index is 0.00642. The highest BCUT2D eigenvalue weighted by Gasteiger charge is 2.44. The van der Waals surface area contributed by atoms with Gasteiger partial charge >= 0.3 is 0 Å². The molecule has 0 spiro atoms. The Bertz CT molecular complexity index is 374. The Kier molecular flexibility index (Phi) is 7.45. The van der Waals surface area contributed by atoms with Crippen molar-refractivity contribution in [1.29, 1.82) is 5.26 Å². The minimum atomic E-state index is -0.00642. The molecule has 0 heterocycles. The largest absolute Gasteiger partial charge is 0.198 e. The van der Waals surface area contributed by atoms with Crippen LogP contribution >= 0.6 is 0 Å². The number of nitriles is 1. The number of hydrogen-bond donors (Lipinski definition) is 0. The first kappa shape index (κ1) is 18.8. The van der Waals surface area contributed by atoms with Gasteiger partial charge in [-0.05, 0) is 68.6 Å². The second-order valence-electron chi connectivity index (χ2n) is 8.62. The Morgan fingerprint density at radius 3 is 2.13 bits per heavy atom. The normalized spacial score (nSPS) is 31.4. The van der Waals surface area contributed by atoms with E-state index in [4.69, 9.17) is 0 Å². The van der Waals surface area contributed by atoms with Crippen LogP contribution < -0.4 is 0 Å². The highest BCUT2D eigenvalue weighted by molar-refractivity contribution is 5.05. The summed E-state index contributed by atoms with van der Waals surface area (Å²) in [5.74, 6) is 3.62. The van der Waals surface area contributed by atoms with Crippen LogP contribution in [0.1, 0.15) is 104 Å². The molecule has 0 aromatic carbocycles. The molecular formula is C22H39N. The fraction of sp³-hybridized carbons (Fsp3) is 0.955. The van der Waals surface area contributed by atoms with Gasteiger partial charge in [0.15, 0.2) is 0 Å². The summed E-state index contributed by atoms with van der Waals surface area (Å²) in [6, 6.07) is 2.82. The fourth-order valence-electron chi connectivity index (χ4n) is 5.87. The topological polar surface area (TPSA) is 23.8 Å². The molecular weight excluding hydrogens is 278 g/mol. The van der Waals surface area contributed by atoms with Gasteiger partial charge in [0.2, 0.25) is 0 Å². The maximum atomic E-state index is 9.98. The molecule has 0 N–H and O–H groups in total. The Hall–Kier alpha value is -0.510. The molecule has 1 heteroatoms. The van der Waals surface area contributed by atoms with Crippen molar-refractivity contribution >= 4 is 0 Å². The average molecular weight is 318 g/mol. The standard InChI is InChI=1S/C22H39N/c1-4-7-8-18-9-10-20-16-21(12-11-19(20)15-18)22(17-23,13-5-2)14-6-3/h18-21H,4-16H2,1-3H3/t18-,19-,20-,21+/m0/s1. The van der Waals surface area contributed by atoms with E-state index in [1.807, 2.05) is 0 Å². The van der Waals surface area contributed by atoms with Gasteiger partial charge in [0.25, 0.3) is 0 Å². The summed E-state index contributed by atoms with van der Waals surface area (Å²) in [4.78, 5) is 0. The molecule has 0 unspecified atom stereocenters. The summed E-state index contributed by atoms with van der Waals surface area (Å²) >= 11 is 0. The Labute approximate surface area is 145 Å². The molecule has 4 atom stereocenters. The third-order valence-corrected chi connectivity index (χ3v) is 7.08. The number of rotatable bonds is 8. The first-order valence-electron chi connectivity index (χ1n) is 10.6. The Morgan fingerprint density at radius 2 is 1.52 bits per heavy atom. The van der Waals surface area contributed by atoms with E-state index >= 15 is 0 Å². The predicted molar refractivity (Wildman–Crippen MR) is 99.0 cm³/mol. The van der Waals surface area contributed by atoms with E-state index < -0.39 is 0 Å². The van der Waals surface area contributed by atoms with Crippen LogP contribution in [-0.4, -0.2) is 0 Å². The molecule has 0 bridgehead atoms. The van der Waals surface area contributed by atoms with Crippen LogP contribution in [0.15, 0.2) is 0 Å². The molecule has 2 aliphatic carbocycles. The molecule has 0 saturated heterocycles. The van der Waals surface area contributed by atoms with Crippen LogP contribution in [0.25, 0.3) is 0 Å². The van der Waals surface area contributed by atoms with Crippen molar-refractivity contribution in [2.24, 2.45) is 29.1 Å². The third kappa shape index (κ3) is 4.52. The van der Waals surface area contributed by atoms with Crippen LogP contribution in [0.3, 0.4) is 0 Å². The van der Waals surface area contributed by atoms with Crippen molar-refractivity contribution in [2.45, 2.75) is 104 Å². The van der Waals surface area contributed by atoms with Gasteiger partial charge in [0, 0.05) is 0 Å². The molecule has 2 saturated carbocycles. The van der Waals surface area contributed by atoms with Crippen molar-refractivity contribution in [1.82, 2.24) is 0 Å². The van der Waals surface area contributed by atoms with Crippen LogP contribution in [0.4, 0.5) is 0 Å². The second kappa shape index (κ2) is 9.10. The van der Waals surface area contributed by atoms with Gasteiger partial charge in [-0.1, -0.05) is 59.3 Å². The number of nitrogens with zero attached hydrogens (tertiary/aromatic N) is 1. The summed E-state index contributed by atoms with van der Waals surface area (Å²) in [6.07, 6.45) is 17.3. The van der Waals surface area contributed by atoms with Crippen molar-refractivity contribution in [3.63, 3.8) is 0 Å². The van der Waals surface area contributed by atoms with Crippen molar-refractivity contribution < 1.29 is 0 Å². The maximum absolute atomic E-state index is 9.98.